The number of ether oxygens (including phenoxy) is 1. The van der Waals surface area contributed by atoms with E-state index in [0.717, 1.165) is 0 Å². The van der Waals surface area contributed by atoms with E-state index in [9.17, 15) is 13.2 Å². The first-order chi connectivity index (χ1) is 11.2. The van der Waals surface area contributed by atoms with Crippen LogP contribution in [0.5, 0.6) is 0 Å². The summed E-state index contributed by atoms with van der Waals surface area (Å²) in [5.41, 5.74) is -1.23. The van der Waals surface area contributed by atoms with Crippen molar-refractivity contribution in [2.75, 3.05) is 26.2 Å². The predicted molar refractivity (Wildman–Crippen MR) is 92.2 cm³/mol. The first kappa shape index (κ1) is 17.8. The number of rotatable bonds is 2. The summed E-state index contributed by atoms with van der Waals surface area (Å²) in [7, 11) is -3.55. The van der Waals surface area contributed by atoms with Crippen LogP contribution in [-0.2, 0) is 19.6 Å². The number of sulfonamides is 1. The Kier molecular flexibility index (Phi) is 4.53. The molecule has 1 spiro atoms. The molecule has 0 aromatic carbocycles. The molecule has 0 bridgehead atoms. The molecule has 0 atom stereocenters. The smallest absolute Gasteiger partial charge is 0.255 e. The van der Waals surface area contributed by atoms with Gasteiger partial charge in [-0.15, -0.1) is 11.3 Å². The molecule has 0 saturated carbocycles. The second kappa shape index (κ2) is 6.09. The molecule has 0 aliphatic carbocycles. The van der Waals surface area contributed by atoms with Crippen LogP contribution in [0.3, 0.4) is 0 Å². The van der Waals surface area contributed by atoms with Crippen molar-refractivity contribution in [3.05, 3.63) is 17.5 Å². The Bertz CT molecular complexity index is 699. The standard InChI is InChI=1S/C16H24N2O4S2/c1-15(2,3)14(19)17-8-6-16(7-9-17)18(10-11-22-16)24(20,21)13-5-4-12-23-13/h4-5,12H,6-11H2,1-3H3. The summed E-state index contributed by atoms with van der Waals surface area (Å²) in [4.78, 5) is 14.3. The van der Waals surface area contributed by atoms with E-state index in [0.29, 0.717) is 43.3 Å². The maximum atomic E-state index is 12.9. The lowest BCUT2D eigenvalue weighted by molar-refractivity contribution is -0.147. The topological polar surface area (TPSA) is 66.9 Å². The Morgan fingerprint density at radius 3 is 2.46 bits per heavy atom. The van der Waals surface area contributed by atoms with E-state index in [4.69, 9.17) is 4.74 Å². The second-order valence-electron chi connectivity index (χ2n) is 7.35. The van der Waals surface area contributed by atoms with Gasteiger partial charge in [-0.25, -0.2) is 8.42 Å². The third kappa shape index (κ3) is 3.00. The summed E-state index contributed by atoms with van der Waals surface area (Å²) >= 11 is 1.22. The van der Waals surface area contributed by atoms with Crippen LogP contribution in [0.4, 0.5) is 0 Å². The zero-order valence-electron chi connectivity index (χ0n) is 14.3. The molecule has 2 aliphatic heterocycles. The van der Waals surface area contributed by atoms with Gasteiger partial charge in [0.05, 0.1) is 6.61 Å². The molecule has 1 amide bonds. The highest BCUT2D eigenvalue weighted by atomic mass is 32.2. The van der Waals surface area contributed by atoms with Crippen LogP contribution < -0.4 is 0 Å². The number of hydrogen-bond donors (Lipinski definition) is 0. The van der Waals surface area contributed by atoms with E-state index < -0.39 is 21.2 Å². The highest BCUT2D eigenvalue weighted by Gasteiger charge is 2.51. The Morgan fingerprint density at radius 1 is 1.25 bits per heavy atom. The molecule has 24 heavy (non-hydrogen) atoms. The first-order valence-corrected chi connectivity index (χ1v) is 10.5. The fraction of sp³-hybridized carbons (Fsp3) is 0.688. The highest BCUT2D eigenvalue weighted by Crippen LogP contribution is 2.39. The van der Waals surface area contributed by atoms with E-state index in [1.807, 2.05) is 25.7 Å². The molecule has 0 radical (unpaired) electrons. The van der Waals surface area contributed by atoms with Gasteiger partial charge in [0, 0.05) is 37.9 Å². The molecule has 1 aromatic heterocycles. The minimum atomic E-state index is -3.55. The average Bonchev–Trinajstić information content (AvgIpc) is 3.17. The predicted octanol–water partition coefficient (Wildman–Crippen LogP) is 2.13. The quantitative estimate of drug-likeness (QED) is 0.798. The largest absolute Gasteiger partial charge is 0.358 e. The lowest BCUT2D eigenvalue weighted by Crippen LogP contribution is -2.56. The maximum absolute atomic E-state index is 12.9. The molecule has 6 nitrogen and oxygen atoms in total. The SMILES string of the molecule is CC(C)(C)C(=O)N1CCC2(CC1)OCCN2S(=O)(=O)c1cccs1. The van der Waals surface area contributed by atoms with Crippen molar-refractivity contribution in [2.24, 2.45) is 5.41 Å². The first-order valence-electron chi connectivity index (χ1n) is 8.17. The third-order valence-corrected chi connectivity index (χ3v) is 7.95. The van der Waals surface area contributed by atoms with Crippen LogP contribution in [0.15, 0.2) is 21.7 Å². The number of carbonyl (C=O) groups excluding carboxylic acids is 1. The van der Waals surface area contributed by atoms with Crippen LogP contribution >= 0.6 is 11.3 Å². The van der Waals surface area contributed by atoms with Crippen LogP contribution in [0.25, 0.3) is 0 Å². The van der Waals surface area contributed by atoms with Crippen LogP contribution in [0.2, 0.25) is 0 Å². The van der Waals surface area contributed by atoms with Gasteiger partial charge < -0.3 is 9.64 Å². The molecule has 0 N–H and O–H groups in total. The molecule has 3 rings (SSSR count). The van der Waals surface area contributed by atoms with Crippen molar-refractivity contribution in [3.63, 3.8) is 0 Å². The van der Waals surface area contributed by atoms with Crippen molar-refractivity contribution >= 4 is 27.3 Å². The van der Waals surface area contributed by atoms with Crippen LogP contribution in [0, 0.1) is 5.41 Å². The van der Waals surface area contributed by atoms with E-state index in [1.54, 1.807) is 17.5 Å². The summed E-state index contributed by atoms with van der Waals surface area (Å²) in [6, 6.07) is 3.37. The Balaban J connectivity index is 1.79. The number of likely N-dealkylation sites (tertiary alicyclic amines) is 1. The van der Waals surface area contributed by atoms with Crippen LogP contribution in [0.1, 0.15) is 33.6 Å². The molecule has 134 valence electrons. The van der Waals surface area contributed by atoms with Gasteiger partial charge in [0.15, 0.2) is 0 Å². The Morgan fingerprint density at radius 2 is 1.92 bits per heavy atom. The lowest BCUT2D eigenvalue weighted by Gasteiger charge is -2.43. The third-order valence-electron chi connectivity index (χ3n) is 4.63. The van der Waals surface area contributed by atoms with Gasteiger partial charge >= 0.3 is 0 Å². The Hall–Kier alpha value is -0.960. The number of nitrogens with zero attached hydrogens (tertiary/aromatic N) is 2. The van der Waals surface area contributed by atoms with Gasteiger partial charge in [-0.1, -0.05) is 26.8 Å². The molecule has 0 unspecified atom stereocenters. The molecule has 8 heteroatoms. The maximum Gasteiger partial charge on any atom is 0.255 e. The zero-order chi connectivity index (χ0) is 17.6. The fourth-order valence-electron chi connectivity index (χ4n) is 3.38. The number of piperidine rings is 1. The van der Waals surface area contributed by atoms with Gasteiger partial charge in [-0.3, -0.25) is 4.79 Å². The molecular formula is C16H24N2O4S2. The normalized spacial score (nSPS) is 22.2. The fourth-order valence-corrected chi connectivity index (χ4v) is 6.21. The summed E-state index contributed by atoms with van der Waals surface area (Å²) < 4.78 is 33.6. The van der Waals surface area contributed by atoms with Crippen molar-refractivity contribution in [3.8, 4) is 0 Å². The molecule has 3 heterocycles. The van der Waals surface area contributed by atoms with E-state index in [2.05, 4.69) is 0 Å². The van der Waals surface area contributed by atoms with Gasteiger partial charge in [0.1, 0.15) is 9.93 Å². The summed E-state index contributed by atoms with van der Waals surface area (Å²) in [6.45, 7) is 7.52. The number of hydrogen-bond acceptors (Lipinski definition) is 5. The molecule has 2 saturated heterocycles. The number of carbonyl (C=O) groups is 1. The van der Waals surface area contributed by atoms with Gasteiger partial charge in [0.2, 0.25) is 5.91 Å². The average molecular weight is 373 g/mol. The van der Waals surface area contributed by atoms with Crippen molar-refractivity contribution in [2.45, 2.75) is 43.5 Å². The number of amides is 1. The van der Waals surface area contributed by atoms with Crippen molar-refractivity contribution in [1.29, 1.82) is 0 Å². The molecule has 2 fully saturated rings. The van der Waals surface area contributed by atoms with E-state index in [-0.39, 0.29) is 5.91 Å². The lowest BCUT2D eigenvalue weighted by atomic mass is 9.92. The summed E-state index contributed by atoms with van der Waals surface area (Å²) in [5, 5.41) is 1.76. The zero-order valence-corrected chi connectivity index (χ0v) is 16.0. The molecule has 2 aliphatic rings. The van der Waals surface area contributed by atoms with E-state index in [1.165, 1.54) is 15.6 Å². The summed E-state index contributed by atoms with van der Waals surface area (Å²) in [6.07, 6.45) is 1.03. The Labute approximate surface area is 147 Å². The van der Waals surface area contributed by atoms with Crippen molar-refractivity contribution < 1.29 is 17.9 Å². The van der Waals surface area contributed by atoms with E-state index >= 15 is 0 Å². The minimum absolute atomic E-state index is 0.100. The number of thiophene rings is 1. The highest BCUT2D eigenvalue weighted by molar-refractivity contribution is 7.91. The van der Waals surface area contributed by atoms with Crippen molar-refractivity contribution in [1.82, 2.24) is 9.21 Å². The second-order valence-corrected chi connectivity index (χ2v) is 10.4. The van der Waals surface area contributed by atoms with Gasteiger partial charge in [-0.05, 0) is 11.4 Å². The minimum Gasteiger partial charge on any atom is -0.358 e. The summed E-state index contributed by atoms with van der Waals surface area (Å²) in [5.74, 6) is 0.100. The van der Waals surface area contributed by atoms with Crippen LogP contribution in [-0.4, -0.2) is 55.5 Å². The molecule has 1 aromatic rings. The monoisotopic (exact) mass is 372 g/mol. The van der Waals surface area contributed by atoms with Gasteiger partial charge in [0.25, 0.3) is 10.0 Å². The van der Waals surface area contributed by atoms with Gasteiger partial charge in [-0.2, -0.15) is 4.31 Å². The molecular weight excluding hydrogens is 348 g/mol.